The first-order valence-electron chi connectivity index (χ1n) is 4.49. The molecule has 0 amide bonds. The molecule has 0 radical (unpaired) electrons. The summed E-state index contributed by atoms with van der Waals surface area (Å²) < 4.78 is 5.08. The summed E-state index contributed by atoms with van der Waals surface area (Å²) in [6, 6.07) is 3.64. The van der Waals surface area contributed by atoms with Crippen LogP contribution in [0.3, 0.4) is 0 Å². The van der Waals surface area contributed by atoms with Crippen LogP contribution in [0.4, 0.5) is 5.69 Å². The molecule has 0 aliphatic heterocycles. The summed E-state index contributed by atoms with van der Waals surface area (Å²) in [5.74, 6) is 0.628. The summed E-state index contributed by atoms with van der Waals surface area (Å²) in [5.41, 5.74) is 7.48. The first kappa shape index (κ1) is 11.2. The summed E-state index contributed by atoms with van der Waals surface area (Å²) >= 11 is 6.13. The van der Waals surface area contributed by atoms with Crippen LogP contribution in [-0.4, -0.2) is 7.11 Å². The third-order valence-electron chi connectivity index (χ3n) is 2.13. The lowest BCUT2D eigenvalue weighted by molar-refractivity contribution is 0.416. The van der Waals surface area contributed by atoms with Crippen LogP contribution in [0.1, 0.15) is 26.3 Å². The van der Waals surface area contributed by atoms with Crippen molar-refractivity contribution < 1.29 is 4.74 Å². The average Bonchev–Trinajstić information content (AvgIpc) is 2.06. The van der Waals surface area contributed by atoms with Gasteiger partial charge in [-0.3, -0.25) is 0 Å². The quantitative estimate of drug-likeness (QED) is 0.727. The molecule has 0 unspecified atom stereocenters. The Balaban J connectivity index is 3.29. The first-order valence-corrected chi connectivity index (χ1v) is 4.87. The molecule has 0 aromatic heterocycles. The summed E-state index contributed by atoms with van der Waals surface area (Å²) in [7, 11) is 1.58. The topological polar surface area (TPSA) is 35.2 Å². The Morgan fingerprint density at radius 2 is 1.86 bits per heavy atom. The number of halogens is 1. The fourth-order valence-electron chi connectivity index (χ4n) is 1.32. The van der Waals surface area contributed by atoms with Crippen LogP contribution in [0.15, 0.2) is 12.1 Å². The molecule has 78 valence electrons. The number of hydrogen-bond donors (Lipinski definition) is 1. The molecule has 0 spiro atoms. The number of hydrogen-bond acceptors (Lipinski definition) is 2. The molecule has 1 aromatic carbocycles. The van der Waals surface area contributed by atoms with Crippen LogP contribution in [0, 0.1) is 0 Å². The number of nitrogens with two attached hydrogens (primary N) is 1. The Kier molecular flexibility index (Phi) is 2.95. The molecule has 3 heteroatoms. The van der Waals surface area contributed by atoms with Crippen molar-refractivity contribution >= 4 is 17.3 Å². The lowest BCUT2D eigenvalue weighted by Crippen LogP contribution is -2.12. The smallest absolute Gasteiger partial charge is 0.143 e. The highest BCUT2D eigenvalue weighted by Crippen LogP contribution is 2.35. The zero-order chi connectivity index (χ0) is 10.9. The van der Waals surface area contributed by atoms with E-state index in [1.54, 1.807) is 13.2 Å². The fraction of sp³-hybridized carbons (Fsp3) is 0.455. The predicted octanol–water partition coefficient (Wildman–Crippen LogP) is 3.23. The zero-order valence-corrected chi connectivity index (χ0v) is 9.77. The molecule has 1 aromatic rings. The van der Waals surface area contributed by atoms with Gasteiger partial charge in [0.15, 0.2) is 0 Å². The Hall–Kier alpha value is -0.890. The monoisotopic (exact) mass is 213 g/mol. The Labute approximate surface area is 90.0 Å². The van der Waals surface area contributed by atoms with E-state index >= 15 is 0 Å². The molecule has 2 nitrogen and oxygen atoms in total. The molecule has 0 aliphatic rings. The lowest BCUT2D eigenvalue weighted by Gasteiger charge is -2.21. The van der Waals surface area contributed by atoms with Crippen LogP contribution >= 0.6 is 11.6 Å². The Morgan fingerprint density at radius 3 is 2.29 bits per heavy atom. The summed E-state index contributed by atoms with van der Waals surface area (Å²) in [5, 5.41) is 0.698. The third-order valence-corrected chi connectivity index (χ3v) is 2.44. The van der Waals surface area contributed by atoms with Crippen molar-refractivity contribution in [2.24, 2.45) is 0 Å². The van der Waals surface area contributed by atoms with Crippen LogP contribution in [0.25, 0.3) is 0 Å². The number of benzene rings is 1. The van der Waals surface area contributed by atoms with Gasteiger partial charge in [-0.15, -0.1) is 0 Å². The van der Waals surface area contributed by atoms with Crippen LogP contribution in [0.5, 0.6) is 5.75 Å². The minimum absolute atomic E-state index is 0.00251. The molecular formula is C11H16ClNO. The van der Waals surface area contributed by atoms with Gasteiger partial charge in [-0.25, -0.2) is 0 Å². The number of nitrogen functional groups attached to an aromatic ring is 1. The van der Waals surface area contributed by atoms with Gasteiger partial charge in [0, 0.05) is 11.1 Å². The van der Waals surface area contributed by atoms with Crippen LogP contribution < -0.4 is 10.5 Å². The van der Waals surface area contributed by atoms with Gasteiger partial charge in [-0.1, -0.05) is 32.4 Å². The Morgan fingerprint density at radius 1 is 1.29 bits per heavy atom. The van der Waals surface area contributed by atoms with Gasteiger partial charge in [0.05, 0.1) is 12.8 Å². The number of anilines is 1. The standard InChI is InChI=1S/C11H16ClNO/c1-11(2,3)7-5-9(13)10(14-4)6-8(7)12/h5-6H,13H2,1-4H3. The number of rotatable bonds is 1. The molecule has 0 saturated carbocycles. The van der Waals surface area contributed by atoms with Crippen molar-refractivity contribution in [1.29, 1.82) is 0 Å². The maximum absolute atomic E-state index is 6.13. The van der Waals surface area contributed by atoms with E-state index in [2.05, 4.69) is 20.8 Å². The highest BCUT2D eigenvalue weighted by molar-refractivity contribution is 6.31. The highest BCUT2D eigenvalue weighted by Gasteiger charge is 2.19. The third kappa shape index (κ3) is 2.13. The maximum atomic E-state index is 6.13. The second-order valence-electron chi connectivity index (χ2n) is 4.32. The molecule has 0 aliphatic carbocycles. The summed E-state index contributed by atoms with van der Waals surface area (Å²) in [6.07, 6.45) is 0. The summed E-state index contributed by atoms with van der Waals surface area (Å²) in [6.45, 7) is 6.29. The van der Waals surface area contributed by atoms with E-state index in [0.29, 0.717) is 16.5 Å². The van der Waals surface area contributed by atoms with Crippen LogP contribution in [-0.2, 0) is 5.41 Å². The van der Waals surface area contributed by atoms with Crippen molar-refractivity contribution in [3.05, 3.63) is 22.7 Å². The second kappa shape index (κ2) is 3.70. The normalized spacial score (nSPS) is 11.5. The molecule has 14 heavy (non-hydrogen) atoms. The molecule has 0 heterocycles. The van der Waals surface area contributed by atoms with Crippen LogP contribution in [0.2, 0.25) is 5.02 Å². The molecule has 0 bridgehead atoms. The zero-order valence-electron chi connectivity index (χ0n) is 9.02. The van der Waals surface area contributed by atoms with Gasteiger partial charge in [-0.2, -0.15) is 0 Å². The van der Waals surface area contributed by atoms with Gasteiger partial charge in [-0.05, 0) is 17.0 Å². The van der Waals surface area contributed by atoms with Gasteiger partial charge in [0.25, 0.3) is 0 Å². The van der Waals surface area contributed by atoms with Crippen molar-refractivity contribution in [3.63, 3.8) is 0 Å². The van der Waals surface area contributed by atoms with E-state index in [4.69, 9.17) is 22.1 Å². The molecular weight excluding hydrogens is 198 g/mol. The van der Waals surface area contributed by atoms with Crippen molar-refractivity contribution in [2.45, 2.75) is 26.2 Å². The largest absolute Gasteiger partial charge is 0.495 e. The lowest BCUT2D eigenvalue weighted by atomic mass is 9.86. The minimum Gasteiger partial charge on any atom is -0.495 e. The SMILES string of the molecule is COc1cc(Cl)c(C(C)(C)C)cc1N. The van der Waals surface area contributed by atoms with E-state index in [0.717, 1.165) is 5.56 Å². The average molecular weight is 214 g/mol. The van der Waals surface area contributed by atoms with E-state index < -0.39 is 0 Å². The minimum atomic E-state index is -0.00251. The van der Waals surface area contributed by atoms with Gasteiger partial charge >= 0.3 is 0 Å². The van der Waals surface area contributed by atoms with Gasteiger partial charge in [0.2, 0.25) is 0 Å². The van der Waals surface area contributed by atoms with Gasteiger partial charge in [0.1, 0.15) is 5.75 Å². The van der Waals surface area contributed by atoms with E-state index in [-0.39, 0.29) is 5.41 Å². The fourth-order valence-corrected chi connectivity index (χ4v) is 1.76. The maximum Gasteiger partial charge on any atom is 0.143 e. The second-order valence-corrected chi connectivity index (χ2v) is 4.73. The molecule has 0 fully saturated rings. The Bertz CT molecular complexity index is 342. The molecule has 0 saturated heterocycles. The first-order chi connectivity index (χ1) is 6.36. The highest BCUT2D eigenvalue weighted by atomic mass is 35.5. The van der Waals surface area contributed by atoms with Crippen molar-refractivity contribution in [3.8, 4) is 5.75 Å². The van der Waals surface area contributed by atoms with E-state index in [1.165, 1.54) is 0 Å². The van der Waals surface area contributed by atoms with Gasteiger partial charge < -0.3 is 10.5 Å². The van der Waals surface area contributed by atoms with Crippen molar-refractivity contribution in [2.75, 3.05) is 12.8 Å². The van der Waals surface area contributed by atoms with E-state index in [9.17, 15) is 0 Å². The van der Waals surface area contributed by atoms with Crippen molar-refractivity contribution in [1.82, 2.24) is 0 Å². The number of ether oxygens (including phenoxy) is 1. The molecule has 2 N–H and O–H groups in total. The number of methoxy groups -OCH3 is 1. The van der Waals surface area contributed by atoms with E-state index in [1.807, 2.05) is 6.07 Å². The molecule has 1 rings (SSSR count). The summed E-state index contributed by atoms with van der Waals surface area (Å²) in [4.78, 5) is 0. The molecule has 0 atom stereocenters. The predicted molar refractivity (Wildman–Crippen MR) is 61.1 cm³/mol.